The minimum atomic E-state index is -0.847. The number of carboxylic acid groups (broad SMARTS) is 1. The third-order valence-corrected chi connectivity index (χ3v) is 4.79. The second-order valence-electron chi connectivity index (χ2n) is 6.62. The second kappa shape index (κ2) is 5.72. The first-order chi connectivity index (χ1) is 11.2. The molecular weight excluding hydrogens is 294 g/mol. The number of fused-ring (bicyclic) bond motifs is 1. The molecule has 2 aromatic rings. The smallest absolute Gasteiger partial charge is 0.407 e. The Labute approximate surface area is 134 Å². The van der Waals surface area contributed by atoms with Crippen molar-refractivity contribution in [2.24, 2.45) is 5.92 Å². The lowest BCUT2D eigenvalue weighted by Gasteiger charge is -2.31. The molecule has 0 radical (unpaired) electrons. The molecular formula is C16H21N5O2. The van der Waals surface area contributed by atoms with Crippen LogP contribution < -0.4 is 5.32 Å². The summed E-state index contributed by atoms with van der Waals surface area (Å²) >= 11 is 0. The van der Waals surface area contributed by atoms with Crippen molar-refractivity contribution >= 4 is 22.9 Å². The van der Waals surface area contributed by atoms with E-state index in [0.29, 0.717) is 13.1 Å². The van der Waals surface area contributed by atoms with Gasteiger partial charge in [0.05, 0.1) is 5.39 Å². The van der Waals surface area contributed by atoms with Gasteiger partial charge in [-0.25, -0.2) is 14.8 Å². The molecule has 7 heteroatoms. The average Bonchev–Trinajstić information content (AvgIpc) is 3.27. The van der Waals surface area contributed by atoms with Crippen LogP contribution in [0.15, 0.2) is 12.5 Å². The molecule has 4 rings (SSSR count). The van der Waals surface area contributed by atoms with Crippen molar-refractivity contribution in [3.63, 3.8) is 0 Å². The third kappa shape index (κ3) is 2.95. The summed E-state index contributed by atoms with van der Waals surface area (Å²) in [5.74, 6) is 1.61. The predicted octanol–water partition coefficient (Wildman–Crippen LogP) is 2.46. The summed E-state index contributed by atoms with van der Waals surface area (Å²) in [6.45, 7) is 1.12. The average molecular weight is 315 g/mol. The van der Waals surface area contributed by atoms with Gasteiger partial charge in [0, 0.05) is 25.3 Å². The molecule has 3 heterocycles. The lowest BCUT2D eigenvalue weighted by molar-refractivity contribution is 0.133. The zero-order valence-corrected chi connectivity index (χ0v) is 13.0. The van der Waals surface area contributed by atoms with Crippen molar-refractivity contribution in [3.05, 3.63) is 18.1 Å². The Hall–Kier alpha value is -2.31. The van der Waals surface area contributed by atoms with Gasteiger partial charge in [-0.15, -0.1) is 0 Å². The Morgan fingerprint density at radius 2 is 2.26 bits per heavy atom. The summed E-state index contributed by atoms with van der Waals surface area (Å²) in [6, 6.07) is 0.0987. The van der Waals surface area contributed by atoms with Gasteiger partial charge in [-0.1, -0.05) is 0 Å². The maximum atomic E-state index is 11.2. The molecule has 3 N–H and O–H groups in total. The van der Waals surface area contributed by atoms with Gasteiger partial charge >= 0.3 is 6.09 Å². The molecule has 122 valence electrons. The van der Waals surface area contributed by atoms with Gasteiger partial charge in [0.2, 0.25) is 0 Å². The molecule has 1 aliphatic carbocycles. The van der Waals surface area contributed by atoms with Gasteiger partial charge in [-0.2, -0.15) is 0 Å². The molecule has 0 bridgehead atoms. The van der Waals surface area contributed by atoms with Crippen molar-refractivity contribution in [1.29, 1.82) is 0 Å². The fraction of sp³-hybridized carbons (Fsp3) is 0.562. The molecule has 1 atom stereocenters. The van der Waals surface area contributed by atoms with Gasteiger partial charge in [-0.05, 0) is 43.6 Å². The summed E-state index contributed by atoms with van der Waals surface area (Å²) in [4.78, 5) is 24.6. The number of carbonyl (C=O) groups is 1. The number of piperidine rings is 1. The number of likely N-dealkylation sites (tertiary alicyclic amines) is 1. The number of nitrogens with zero attached hydrogens (tertiary/aromatic N) is 3. The first kappa shape index (κ1) is 14.3. The largest absolute Gasteiger partial charge is 0.465 e. The molecule has 2 fully saturated rings. The monoisotopic (exact) mass is 315 g/mol. The Morgan fingerprint density at radius 1 is 1.39 bits per heavy atom. The standard InChI is InChI=1S/C16H21N5O2/c22-16(23)21-5-1-2-12(8-21)20-15-13-11(6-10-3-4-10)7-17-14(13)18-9-19-15/h7,9-10,12H,1-6,8H2,(H,22,23)(H2,17,18,19,20)/t12-/m1/s1. The van der Waals surface area contributed by atoms with Crippen molar-refractivity contribution in [2.45, 2.75) is 38.1 Å². The van der Waals surface area contributed by atoms with Crippen LogP contribution in [0.3, 0.4) is 0 Å². The summed E-state index contributed by atoms with van der Waals surface area (Å²) in [6.07, 6.45) is 8.25. The van der Waals surface area contributed by atoms with Gasteiger partial charge in [0.15, 0.2) is 0 Å². The van der Waals surface area contributed by atoms with E-state index >= 15 is 0 Å². The van der Waals surface area contributed by atoms with Crippen LogP contribution >= 0.6 is 0 Å². The number of H-pyrrole nitrogens is 1. The zero-order chi connectivity index (χ0) is 15.8. The minimum Gasteiger partial charge on any atom is -0.465 e. The zero-order valence-electron chi connectivity index (χ0n) is 13.0. The normalized spacial score (nSPS) is 21.6. The first-order valence-electron chi connectivity index (χ1n) is 8.26. The summed E-state index contributed by atoms with van der Waals surface area (Å²) in [7, 11) is 0. The van der Waals surface area contributed by atoms with E-state index in [9.17, 15) is 9.90 Å². The van der Waals surface area contributed by atoms with Crippen LogP contribution in [-0.4, -0.2) is 50.2 Å². The van der Waals surface area contributed by atoms with E-state index in [0.717, 1.165) is 42.0 Å². The highest BCUT2D eigenvalue weighted by Crippen LogP contribution is 2.36. The Morgan fingerprint density at radius 3 is 3.04 bits per heavy atom. The molecule has 1 aliphatic heterocycles. The highest BCUT2D eigenvalue weighted by molar-refractivity contribution is 5.90. The van der Waals surface area contributed by atoms with E-state index in [2.05, 4.69) is 20.3 Å². The Kier molecular flexibility index (Phi) is 3.55. The molecule has 1 amide bonds. The van der Waals surface area contributed by atoms with Crippen LogP contribution in [0.25, 0.3) is 11.0 Å². The second-order valence-corrected chi connectivity index (χ2v) is 6.62. The third-order valence-electron chi connectivity index (χ3n) is 4.79. The molecule has 2 aromatic heterocycles. The Bertz CT molecular complexity index is 724. The number of rotatable bonds is 4. The Balaban J connectivity index is 1.58. The maximum Gasteiger partial charge on any atom is 0.407 e. The number of nitrogens with one attached hydrogen (secondary N) is 2. The molecule has 23 heavy (non-hydrogen) atoms. The van der Waals surface area contributed by atoms with Crippen LogP contribution in [0.1, 0.15) is 31.2 Å². The van der Waals surface area contributed by atoms with Crippen molar-refractivity contribution < 1.29 is 9.90 Å². The van der Waals surface area contributed by atoms with E-state index in [4.69, 9.17) is 0 Å². The van der Waals surface area contributed by atoms with Crippen LogP contribution in [0.2, 0.25) is 0 Å². The van der Waals surface area contributed by atoms with Crippen LogP contribution in [-0.2, 0) is 6.42 Å². The van der Waals surface area contributed by atoms with E-state index in [1.807, 2.05) is 6.20 Å². The highest BCUT2D eigenvalue weighted by Gasteiger charge is 2.26. The van der Waals surface area contributed by atoms with E-state index in [-0.39, 0.29) is 6.04 Å². The lowest BCUT2D eigenvalue weighted by atomic mass is 10.1. The number of amides is 1. The molecule has 7 nitrogen and oxygen atoms in total. The minimum absolute atomic E-state index is 0.0987. The molecule has 0 aromatic carbocycles. The summed E-state index contributed by atoms with van der Waals surface area (Å²) in [5.41, 5.74) is 2.11. The van der Waals surface area contributed by atoms with Crippen LogP contribution in [0, 0.1) is 5.92 Å². The van der Waals surface area contributed by atoms with Crippen LogP contribution in [0.5, 0.6) is 0 Å². The van der Waals surface area contributed by atoms with E-state index < -0.39 is 6.09 Å². The molecule has 1 saturated heterocycles. The number of aromatic amines is 1. The summed E-state index contributed by atoms with van der Waals surface area (Å²) in [5, 5.41) is 13.7. The SMILES string of the molecule is O=C(O)N1CCC[C@@H](Nc2ncnc3[nH]cc(CC4CC4)c23)C1. The molecule has 2 aliphatic rings. The topological polar surface area (TPSA) is 94.1 Å². The number of anilines is 1. The maximum absolute atomic E-state index is 11.2. The van der Waals surface area contributed by atoms with Gasteiger partial charge in [0.25, 0.3) is 0 Å². The predicted molar refractivity (Wildman–Crippen MR) is 86.6 cm³/mol. The fourth-order valence-corrected chi connectivity index (χ4v) is 3.39. The first-order valence-corrected chi connectivity index (χ1v) is 8.26. The molecule has 1 saturated carbocycles. The number of hydrogen-bond acceptors (Lipinski definition) is 4. The van der Waals surface area contributed by atoms with Crippen molar-refractivity contribution in [2.75, 3.05) is 18.4 Å². The lowest BCUT2D eigenvalue weighted by Crippen LogP contribution is -2.44. The fourth-order valence-electron chi connectivity index (χ4n) is 3.39. The summed E-state index contributed by atoms with van der Waals surface area (Å²) < 4.78 is 0. The van der Waals surface area contributed by atoms with Gasteiger partial charge < -0.3 is 20.3 Å². The number of hydrogen-bond donors (Lipinski definition) is 3. The highest BCUT2D eigenvalue weighted by atomic mass is 16.4. The molecule has 0 spiro atoms. The quantitative estimate of drug-likeness (QED) is 0.806. The van der Waals surface area contributed by atoms with Crippen molar-refractivity contribution in [1.82, 2.24) is 19.9 Å². The van der Waals surface area contributed by atoms with E-state index in [1.165, 1.54) is 23.3 Å². The van der Waals surface area contributed by atoms with Gasteiger partial charge in [-0.3, -0.25) is 0 Å². The molecule has 0 unspecified atom stereocenters. The van der Waals surface area contributed by atoms with Crippen molar-refractivity contribution in [3.8, 4) is 0 Å². The van der Waals surface area contributed by atoms with Gasteiger partial charge in [0.1, 0.15) is 17.8 Å². The van der Waals surface area contributed by atoms with Crippen LogP contribution in [0.4, 0.5) is 10.6 Å². The van der Waals surface area contributed by atoms with E-state index in [1.54, 1.807) is 6.33 Å². The number of aromatic nitrogens is 3.